The molecule has 0 spiro atoms. The Morgan fingerprint density at radius 2 is 2.12 bits per heavy atom. The van der Waals surface area contributed by atoms with E-state index in [0.717, 1.165) is 25.2 Å². The Balaban J connectivity index is 2.30. The topological polar surface area (TPSA) is 68.8 Å². The van der Waals surface area contributed by atoms with Gasteiger partial charge in [0.2, 0.25) is 0 Å². The monoisotopic (exact) mass is 235 g/mol. The van der Waals surface area contributed by atoms with Crippen molar-refractivity contribution in [3.05, 3.63) is 29.8 Å². The van der Waals surface area contributed by atoms with E-state index in [1.54, 1.807) is 21.8 Å². The van der Waals surface area contributed by atoms with E-state index in [9.17, 15) is 5.11 Å². The second kappa shape index (κ2) is 5.09. The Kier molecular flexibility index (Phi) is 3.53. The van der Waals surface area contributed by atoms with E-state index in [1.165, 1.54) is 0 Å². The fourth-order valence-electron chi connectivity index (χ4n) is 1.85. The molecule has 0 aliphatic heterocycles. The Hall–Kier alpha value is -1.69. The number of aryl methyl sites for hydroxylation is 2. The number of aromatic nitrogens is 5. The SMILES string of the molecule is CCCn1nncc1C(O)c1ccnn1CC. The zero-order chi connectivity index (χ0) is 12.3. The van der Waals surface area contributed by atoms with Crippen LogP contribution in [0.5, 0.6) is 0 Å². The van der Waals surface area contributed by atoms with Crippen molar-refractivity contribution < 1.29 is 5.11 Å². The number of nitrogens with zero attached hydrogens (tertiary/aromatic N) is 5. The van der Waals surface area contributed by atoms with Crippen molar-refractivity contribution in [2.45, 2.75) is 39.5 Å². The molecule has 2 aromatic heterocycles. The first-order valence-electron chi connectivity index (χ1n) is 5.86. The summed E-state index contributed by atoms with van der Waals surface area (Å²) in [6, 6.07) is 1.82. The van der Waals surface area contributed by atoms with Gasteiger partial charge in [0.15, 0.2) is 0 Å². The van der Waals surface area contributed by atoms with Gasteiger partial charge in [-0.2, -0.15) is 5.10 Å². The maximum atomic E-state index is 10.3. The van der Waals surface area contributed by atoms with Gasteiger partial charge in [-0.15, -0.1) is 5.10 Å². The molecule has 6 heteroatoms. The first-order valence-corrected chi connectivity index (χ1v) is 5.86. The zero-order valence-corrected chi connectivity index (χ0v) is 10.1. The fraction of sp³-hybridized carbons (Fsp3) is 0.545. The molecule has 2 heterocycles. The molecule has 17 heavy (non-hydrogen) atoms. The molecular formula is C11H17N5O. The van der Waals surface area contributed by atoms with Crippen molar-refractivity contribution in [3.63, 3.8) is 0 Å². The molecule has 0 saturated carbocycles. The summed E-state index contributed by atoms with van der Waals surface area (Å²) in [7, 11) is 0. The normalized spacial score (nSPS) is 12.9. The molecular weight excluding hydrogens is 218 g/mol. The molecule has 0 radical (unpaired) electrons. The Bertz CT molecular complexity index is 476. The van der Waals surface area contributed by atoms with E-state index in [0.29, 0.717) is 5.69 Å². The van der Waals surface area contributed by atoms with Crippen LogP contribution in [0.3, 0.4) is 0 Å². The number of aliphatic hydroxyl groups is 1. The molecule has 0 aliphatic rings. The van der Waals surface area contributed by atoms with Crippen LogP contribution in [0.25, 0.3) is 0 Å². The lowest BCUT2D eigenvalue weighted by molar-refractivity contribution is 0.195. The molecule has 92 valence electrons. The van der Waals surface area contributed by atoms with Crippen LogP contribution in [0.4, 0.5) is 0 Å². The standard InChI is InChI=1S/C11H17N5O/c1-3-7-16-10(8-12-14-16)11(17)9-5-6-13-15(9)4-2/h5-6,8,11,17H,3-4,7H2,1-2H3. The average molecular weight is 235 g/mol. The maximum absolute atomic E-state index is 10.3. The average Bonchev–Trinajstić information content (AvgIpc) is 2.96. The van der Waals surface area contributed by atoms with Gasteiger partial charge < -0.3 is 5.11 Å². The molecule has 0 aliphatic carbocycles. The van der Waals surface area contributed by atoms with Crippen molar-refractivity contribution in [1.82, 2.24) is 24.8 Å². The minimum Gasteiger partial charge on any atom is -0.380 e. The second-order valence-corrected chi connectivity index (χ2v) is 3.86. The van der Waals surface area contributed by atoms with Crippen LogP contribution < -0.4 is 0 Å². The van der Waals surface area contributed by atoms with Crippen LogP contribution in [-0.4, -0.2) is 29.9 Å². The minimum atomic E-state index is -0.723. The third kappa shape index (κ3) is 2.21. The molecule has 0 bridgehead atoms. The predicted octanol–water partition coefficient (Wildman–Crippen LogP) is 0.986. The van der Waals surface area contributed by atoms with Crippen LogP contribution in [0, 0.1) is 0 Å². The summed E-state index contributed by atoms with van der Waals surface area (Å²) in [5.41, 5.74) is 1.48. The molecule has 6 nitrogen and oxygen atoms in total. The highest BCUT2D eigenvalue weighted by atomic mass is 16.3. The number of hydrogen-bond donors (Lipinski definition) is 1. The molecule has 2 rings (SSSR count). The Morgan fingerprint density at radius 3 is 2.82 bits per heavy atom. The summed E-state index contributed by atoms with van der Waals surface area (Å²) in [5.74, 6) is 0. The van der Waals surface area contributed by atoms with Gasteiger partial charge in [-0.3, -0.25) is 4.68 Å². The highest BCUT2D eigenvalue weighted by Crippen LogP contribution is 2.20. The first-order chi connectivity index (χ1) is 8.27. The van der Waals surface area contributed by atoms with Gasteiger partial charge in [0.25, 0.3) is 0 Å². The van der Waals surface area contributed by atoms with Crippen LogP contribution in [0.1, 0.15) is 37.8 Å². The highest BCUT2D eigenvalue weighted by molar-refractivity contribution is 5.16. The number of rotatable bonds is 5. The molecule has 1 atom stereocenters. The summed E-state index contributed by atoms with van der Waals surface area (Å²) in [6.45, 7) is 5.54. The van der Waals surface area contributed by atoms with Crippen molar-refractivity contribution in [2.75, 3.05) is 0 Å². The highest BCUT2D eigenvalue weighted by Gasteiger charge is 2.19. The molecule has 1 unspecified atom stereocenters. The van der Waals surface area contributed by atoms with Gasteiger partial charge in [-0.1, -0.05) is 12.1 Å². The number of hydrogen-bond acceptors (Lipinski definition) is 4. The minimum absolute atomic E-state index is 0.710. The lowest BCUT2D eigenvalue weighted by Gasteiger charge is -2.13. The van der Waals surface area contributed by atoms with E-state index >= 15 is 0 Å². The summed E-state index contributed by atoms with van der Waals surface area (Å²) in [5, 5.41) is 22.3. The Morgan fingerprint density at radius 1 is 1.29 bits per heavy atom. The second-order valence-electron chi connectivity index (χ2n) is 3.86. The van der Waals surface area contributed by atoms with Gasteiger partial charge in [-0.25, -0.2) is 4.68 Å². The predicted molar refractivity (Wildman–Crippen MR) is 62.3 cm³/mol. The molecule has 0 aromatic carbocycles. The van der Waals surface area contributed by atoms with Crippen LogP contribution >= 0.6 is 0 Å². The van der Waals surface area contributed by atoms with Crippen molar-refractivity contribution in [3.8, 4) is 0 Å². The van der Waals surface area contributed by atoms with Crippen molar-refractivity contribution in [2.24, 2.45) is 0 Å². The summed E-state index contributed by atoms with van der Waals surface area (Å²) in [6.07, 6.45) is 3.53. The summed E-state index contributed by atoms with van der Waals surface area (Å²) < 4.78 is 3.51. The van der Waals surface area contributed by atoms with Crippen molar-refractivity contribution >= 4 is 0 Å². The third-order valence-electron chi connectivity index (χ3n) is 2.69. The zero-order valence-electron chi connectivity index (χ0n) is 10.1. The smallest absolute Gasteiger partial charge is 0.139 e. The van der Waals surface area contributed by atoms with Gasteiger partial charge in [-0.05, 0) is 19.4 Å². The molecule has 0 fully saturated rings. The lowest BCUT2D eigenvalue weighted by atomic mass is 10.2. The summed E-state index contributed by atoms with van der Waals surface area (Å²) >= 11 is 0. The Labute approximate surface area is 99.9 Å². The third-order valence-corrected chi connectivity index (χ3v) is 2.69. The fourth-order valence-corrected chi connectivity index (χ4v) is 1.85. The van der Waals surface area contributed by atoms with Crippen LogP contribution in [-0.2, 0) is 13.1 Å². The maximum Gasteiger partial charge on any atom is 0.139 e. The largest absolute Gasteiger partial charge is 0.380 e. The van der Waals surface area contributed by atoms with E-state index in [1.807, 2.05) is 13.0 Å². The van der Waals surface area contributed by atoms with E-state index in [-0.39, 0.29) is 0 Å². The van der Waals surface area contributed by atoms with Crippen LogP contribution in [0.15, 0.2) is 18.5 Å². The van der Waals surface area contributed by atoms with E-state index < -0.39 is 6.10 Å². The van der Waals surface area contributed by atoms with E-state index in [4.69, 9.17) is 0 Å². The van der Waals surface area contributed by atoms with Crippen molar-refractivity contribution in [1.29, 1.82) is 0 Å². The lowest BCUT2D eigenvalue weighted by Crippen LogP contribution is -2.14. The number of aliphatic hydroxyl groups excluding tert-OH is 1. The van der Waals surface area contributed by atoms with Gasteiger partial charge in [0, 0.05) is 19.3 Å². The molecule has 1 N–H and O–H groups in total. The molecule has 0 saturated heterocycles. The quantitative estimate of drug-likeness (QED) is 0.839. The summed E-state index contributed by atoms with van der Waals surface area (Å²) in [4.78, 5) is 0. The van der Waals surface area contributed by atoms with Gasteiger partial charge in [0.05, 0.1) is 17.6 Å². The van der Waals surface area contributed by atoms with Gasteiger partial charge in [0.1, 0.15) is 6.10 Å². The van der Waals surface area contributed by atoms with E-state index in [2.05, 4.69) is 22.3 Å². The van der Waals surface area contributed by atoms with Gasteiger partial charge >= 0.3 is 0 Å². The van der Waals surface area contributed by atoms with Crippen LogP contribution in [0.2, 0.25) is 0 Å². The molecule has 0 amide bonds. The first kappa shape index (κ1) is 11.8. The molecule has 2 aromatic rings.